The number of hydrogen-bond acceptors (Lipinski definition) is 2. The fourth-order valence-corrected chi connectivity index (χ4v) is 2.07. The van der Waals surface area contributed by atoms with E-state index in [1.165, 1.54) is 0 Å². The lowest BCUT2D eigenvalue weighted by molar-refractivity contribution is 0.221. The number of phenols is 1. The van der Waals surface area contributed by atoms with Crippen LogP contribution in [0, 0.1) is 0 Å². The number of alkyl halides is 1. The van der Waals surface area contributed by atoms with Gasteiger partial charge in [0.15, 0.2) is 0 Å². The molecule has 14 heavy (non-hydrogen) atoms. The van der Waals surface area contributed by atoms with Crippen LogP contribution < -0.4 is 0 Å². The second-order valence-corrected chi connectivity index (χ2v) is 3.79. The van der Waals surface area contributed by atoms with Gasteiger partial charge in [0, 0.05) is 12.1 Å². The van der Waals surface area contributed by atoms with Gasteiger partial charge in [-0.25, -0.2) is 4.39 Å². The summed E-state index contributed by atoms with van der Waals surface area (Å²) in [6.45, 7) is 0.750. The van der Waals surface area contributed by atoms with Crippen molar-refractivity contribution in [1.29, 1.82) is 0 Å². The lowest BCUT2D eigenvalue weighted by Crippen LogP contribution is -2.21. The molecule has 1 N–H and O–H groups in total. The van der Waals surface area contributed by atoms with Crippen LogP contribution >= 0.6 is 0 Å². The first-order valence-corrected chi connectivity index (χ1v) is 4.82. The standard InChI is InChI=1S/C11H14FNO/c1-13-7-6-9(12)11(13)8-4-2-3-5-10(8)14/h2-5,9,11,14H,6-7H2,1H3. The summed E-state index contributed by atoms with van der Waals surface area (Å²) in [5.41, 5.74) is 0.694. The summed E-state index contributed by atoms with van der Waals surface area (Å²) < 4.78 is 13.6. The van der Waals surface area contributed by atoms with Crippen molar-refractivity contribution >= 4 is 0 Å². The van der Waals surface area contributed by atoms with E-state index >= 15 is 0 Å². The van der Waals surface area contributed by atoms with Crippen LogP contribution in [0.2, 0.25) is 0 Å². The van der Waals surface area contributed by atoms with E-state index in [-0.39, 0.29) is 11.8 Å². The van der Waals surface area contributed by atoms with Crippen molar-refractivity contribution in [3.05, 3.63) is 29.8 Å². The van der Waals surface area contributed by atoms with Gasteiger partial charge in [0.2, 0.25) is 0 Å². The van der Waals surface area contributed by atoms with Crippen molar-refractivity contribution < 1.29 is 9.50 Å². The largest absolute Gasteiger partial charge is 0.508 e. The van der Waals surface area contributed by atoms with E-state index in [0.717, 1.165) is 6.54 Å². The third kappa shape index (κ3) is 1.48. The molecule has 76 valence electrons. The van der Waals surface area contributed by atoms with Gasteiger partial charge in [0.25, 0.3) is 0 Å². The minimum absolute atomic E-state index is 0.189. The number of aromatic hydroxyl groups is 1. The average Bonchev–Trinajstić information content (AvgIpc) is 2.48. The average molecular weight is 195 g/mol. The highest BCUT2D eigenvalue weighted by atomic mass is 19.1. The van der Waals surface area contributed by atoms with E-state index in [9.17, 15) is 9.50 Å². The highest BCUT2D eigenvalue weighted by molar-refractivity contribution is 5.35. The Balaban J connectivity index is 2.34. The van der Waals surface area contributed by atoms with E-state index in [1.54, 1.807) is 18.2 Å². The molecule has 0 saturated carbocycles. The summed E-state index contributed by atoms with van der Waals surface area (Å²) in [6.07, 6.45) is -0.316. The Bertz CT molecular complexity index is 319. The van der Waals surface area contributed by atoms with Crippen molar-refractivity contribution in [3.8, 4) is 5.75 Å². The van der Waals surface area contributed by atoms with Crippen molar-refractivity contribution in [2.75, 3.05) is 13.6 Å². The second kappa shape index (κ2) is 3.58. The molecule has 2 rings (SSSR count). The van der Waals surface area contributed by atoms with Gasteiger partial charge in [-0.1, -0.05) is 18.2 Å². The zero-order valence-corrected chi connectivity index (χ0v) is 8.15. The van der Waals surface area contributed by atoms with Gasteiger partial charge in [0.05, 0.1) is 6.04 Å². The van der Waals surface area contributed by atoms with Crippen LogP contribution in [0.1, 0.15) is 18.0 Å². The van der Waals surface area contributed by atoms with E-state index in [4.69, 9.17) is 0 Å². The van der Waals surface area contributed by atoms with Crippen LogP contribution in [0.3, 0.4) is 0 Å². The van der Waals surface area contributed by atoms with Crippen LogP contribution in [0.15, 0.2) is 24.3 Å². The number of rotatable bonds is 1. The summed E-state index contributed by atoms with van der Waals surface area (Å²) >= 11 is 0. The van der Waals surface area contributed by atoms with E-state index in [1.807, 2.05) is 18.0 Å². The summed E-state index contributed by atoms with van der Waals surface area (Å²) in [5.74, 6) is 0.189. The zero-order valence-electron chi connectivity index (χ0n) is 8.15. The number of hydrogen-bond donors (Lipinski definition) is 1. The molecule has 0 aromatic heterocycles. The van der Waals surface area contributed by atoms with Gasteiger partial charge in [-0.3, -0.25) is 4.90 Å². The molecular formula is C11H14FNO. The molecule has 0 aliphatic carbocycles. The third-order valence-corrected chi connectivity index (χ3v) is 2.83. The van der Waals surface area contributed by atoms with Gasteiger partial charge in [0.1, 0.15) is 11.9 Å². The molecule has 1 aromatic rings. The monoisotopic (exact) mass is 195 g/mol. The van der Waals surface area contributed by atoms with Crippen molar-refractivity contribution in [2.45, 2.75) is 18.6 Å². The summed E-state index contributed by atoms with van der Waals surface area (Å²) in [6, 6.07) is 6.69. The first-order valence-electron chi connectivity index (χ1n) is 4.82. The Morgan fingerprint density at radius 1 is 1.43 bits per heavy atom. The molecule has 1 aliphatic rings. The van der Waals surface area contributed by atoms with Gasteiger partial charge in [-0.05, 0) is 19.5 Å². The zero-order chi connectivity index (χ0) is 10.1. The Kier molecular flexibility index (Phi) is 2.42. The van der Waals surface area contributed by atoms with Gasteiger partial charge in [-0.15, -0.1) is 0 Å². The fraction of sp³-hybridized carbons (Fsp3) is 0.455. The summed E-state index contributed by atoms with van der Waals surface area (Å²) in [4.78, 5) is 1.94. The number of likely N-dealkylation sites (tertiary alicyclic amines) is 1. The molecular weight excluding hydrogens is 181 g/mol. The predicted molar refractivity (Wildman–Crippen MR) is 53.0 cm³/mol. The van der Waals surface area contributed by atoms with Crippen LogP contribution in [-0.2, 0) is 0 Å². The van der Waals surface area contributed by atoms with E-state index < -0.39 is 6.17 Å². The quantitative estimate of drug-likeness (QED) is 0.741. The van der Waals surface area contributed by atoms with Gasteiger partial charge in [-0.2, -0.15) is 0 Å². The van der Waals surface area contributed by atoms with E-state index in [2.05, 4.69) is 0 Å². The number of halogens is 1. The molecule has 2 nitrogen and oxygen atoms in total. The molecule has 3 heteroatoms. The number of phenolic OH excluding ortho intramolecular Hbond substituents is 1. The topological polar surface area (TPSA) is 23.5 Å². The van der Waals surface area contributed by atoms with Crippen LogP contribution in [0.25, 0.3) is 0 Å². The fourth-order valence-electron chi connectivity index (χ4n) is 2.07. The van der Waals surface area contributed by atoms with Crippen LogP contribution in [0.5, 0.6) is 5.75 Å². The molecule has 1 aliphatic heterocycles. The van der Waals surface area contributed by atoms with Crippen molar-refractivity contribution in [2.24, 2.45) is 0 Å². The minimum atomic E-state index is -0.867. The molecule has 0 bridgehead atoms. The normalized spacial score (nSPS) is 28.1. The molecule has 1 aromatic carbocycles. The Hall–Kier alpha value is -1.09. The highest BCUT2D eigenvalue weighted by Gasteiger charge is 2.34. The van der Waals surface area contributed by atoms with Crippen molar-refractivity contribution in [3.63, 3.8) is 0 Å². The maximum Gasteiger partial charge on any atom is 0.121 e. The number of nitrogens with zero attached hydrogens (tertiary/aromatic N) is 1. The summed E-state index contributed by atoms with van der Waals surface area (Å²) in [5, 5.41) is 9.61. The smallest absolute Gasteiger partial charge is 0.121 e. The lowest BCUT2D eigenvalue weighted by Gasteiger charge is -2.22. The predicted octanol–water partition coefficient (Wildman–Crippen LogP) is 2.11. The van der Waals surface area contributed by atoms with E-state index in [0.29, 0.717) is 12.0 Å². The van der Waals surface area contributed by atoms with Crippen molar-refractivity contribution in [1.82, 2.24) is 4.90 Å². The minimum Gasteiger partial charge on any atom is -0.508 e. The summed E-state index contributed by atoms with van der Waals surface area (Å²) in [7, 11) is 1.89. The SMILES string of the molecule is CN1CCC(F)C1c1ccccc1O. The first kappa shape index (κ1) is 9.46. The molecule has 1 fully saturated rings. The van der Waals surface area contributed by atoms with Crippen LogP contribution in [-0.4, -0.2) is 29.8 Å². The third-order valence-electron chi connectivity index (χ3n) is 2.83. The maximum atomic E-state index is 13.6. The maximum absolute atomic E-state index is 13.6. The molecule has 2 atom stereocenters. The van der Waals surface area contributed by atoms with Crippen LogP contribution in [0.4, 0.5) is 4.39 Å². The molecule has 0 spiro atoms. The molecule has 0 amide bonds. The molecule has 2 unspecified atom stereocenters. The molecule has 1 saturated heterocycles. The number of para-hydroxylation sites is 1. The first-order chi connectivity index (χ1) is 6.70. The van der Waals surface area contributed by atoms with Gasteiger partial charge >= 0.3 is 0 Å². The Morgan fingerprint density at radius 2 is 2.14 bits per heavy atom. The second-order valence-electron chi connectivity index (χ2n) is 3.79. The Labute approximate surface area is 83.0 Å². The lowest BCUT2D eigenvalue weighted by atomic mass is 10.0. The highest BCUT2D eigenvalue weighted by Crippen LogP contribution is 2.36. The molecule has 1 heterocycles. The van der Waals surface area contributed by atoms with Gasteiger partial charge < -0.3 is 5.11 Å². The molecule has 0 radical (unpaired) electrons. The number of benzene rings is 1. The Morgan fingerprint density at radius 3 is 2.71 bits per heavy atom.